The van der Waals surface area contributed by atoms with Crippen molar-refractivity contribution in [2.45, 2.75) is 354 Å². The van der Waals surface area contributed by atoms with Gasteiger partial charge >= 0.3 is 19.8 Å². The number of nitrogens with two attached hydrogens (primary N) is 1. The van der Waals surface area contributed by atoms with E-state index < -0.39 is 26.5 Å². The summed E-state index contributed by atoms with van der Waals surface area (Å²) in [6.45, 7) is 3.78. The molecule has 2 atom stereocenters. The van der Waals surface area contributed by atoms with Gasteiger partial charge in [0, 0.05) is 19.4 Å². The molecule has 0 saturated heterocycles. The monoisotopic (exact) mass is 1110 g/mol. The SMILES string of the molecule is CCCCCCC/C=C\C/C=C\C/C=C\CCCCCCCCC(=O)OC(COC(=O)CCCCCCCCCCCCCCCCCCCCCCCCCCCCCCCCCCCCC)COP(=O)(O)OCCN. The van der Waals surface area contributed by atoms with Crippen molar-refractivity contribution in [2.75, 3.05) is 26.4 Å². The van der Waals surface area contributed by atoms with Crippen molar-refractivity contribution in [2.24, 2.45) is 5.73 Å². The first-order valence-corrected chi connectivity index (χ1v) is 35.0. The average molecular weight is 1110 g/mol. The average Bonchev–Trinajstić information content (AvgIpc) is 3.42. The quantitative estimate of drug-likeness (QED) is 0.0264. The second-order valence-electron chi connectivity index (χ2n) is 22.7. The van der Waals surface area contributed by atoms with Crippen molar-refractivity contribution < 1.29 is 37.6 Å². The number of allylic oxidation sites excluding steroid dienone is 6. The zero-order valence-corrected chi connectivity index (χ0v) is 51.9. The van der Waals surface area contributed by atoms with Crippen LogP contribution in [0.3, 0.4) is 0 Å². The Morgan fingerprint density at radius 3 is 1.00 bits per heavy atom. The Hall–Kier alpha value is -1.77. The van der Waals surface area contributed by atoms with Gasteiger partial charge in [0.25, 0.3) is 0 Å². The summed E-state index contributed by atoms with van der Waals surface area (Å²) in [6, 6.07) is 0. The van der Waals surface area contributed by atoms with E-state index in [1.54, 1.807) is 0 Å². The van der Waals surface area contributed by atoms with E-state index in [0.29, 0.717) is 6.42 Å². The molecule has 10 heteroatoms. The molecule has 0 bridgehead atoms. The fourth-order valence-electron chi connectivity index (χ4n) is 10.1. The third kappa shape index (κ3) is 63.3. The summed E-state index contributed by atoms with van der Waals surface area (Å²) in [5, 5.41) is 0. The van der Waals surface area contributed by atoms with E-state index in [4.69, 9.17) is 24.3 Å². The Bertz CT molecular complexity index is 1350. The van der Waals surface area contributed by atoms with Crippen molar-refractivity contribution in [1.82, 2.24) is 0 Å². The molecule has 0 aliphatic carbocycles. The van der Waals surface area contributed by atoms with Gasteiger partial charge in [-0.1, -0.05) is 320 Å². The van der Waals surface area contributed by atoms with Crippen LogP contribution in [0.2, 0.25) is 0 Å². The molecule has 3 N–H and O–H groups in total. The highest BCUT2D eigenvalue weighted by Crippen LogP contribution is 2.43. The highest BCUT2D eigenvalue weighted by molar-refractivity contribution is 7.47. The van der Waals surface area contributed by atoms with Gasteiger partial charge in [0.05, 0.1) is 13.2 Å². The summed E-state index contributed by atoms with van der Waals surface area (Å²) >= 11 is 0. The van der Waals surface area contributed by atoms with Crippen molar-refractivity contribution >= 4 is 19.8 Å². The number of carbonyl (C=O) groups is 2. The molecule has 0 heterocycles. The molecule has 2 unspecified atom stereocenters. The molecule has 0 amide bonds. The molecule has 0 spiro atoms. The standard InChI is InChI=1S/C67H128NO8P/c1-3-5-7-9-11-13-15-17-19-21-23-25-26-27-28-29-30-31-32-33-34-35-36-37-38-40-41-43-45-47-49-51-53-55-57-59-66(69)73-63-65(64-75-77(71,72)74-62-61-68)76-67(70)60-58-56-54-52-50-48-46-44-42-39-24-22-20-18-16-14-12-10-8-6-4-2/h16,18,22,24,42,44,65H,3-15,17,19-21,23,25-41,43,45-64,68H2,1-2H3,(H,71,72)/b18-16-,24-22-,44-42-. The molecule has 0 aliphatic rings. The molecule has 0 aromatic heterocycles. The van der Waals surface area contributed by atoms with Gasteiger partial charge in [-0.05, 0) is 51.4 Å². The van der Waals surface area contributed by atoms with E-state index in [9.17, 15) is 19.0 Å². The highest BCUT2D eigenvalue weighted by Gasteiger charge is 2.26. The van der Waals surface area contributed by atoms with Crippen LogP contribution >= 0.6 is 7.82 Å². The van der Waals surface area contributed by atoms with E-state index in [0.717, 1.165) is 70.6 Å². The summed E-state index contributed by atoms with van der Waals surface area (Å²) in [6.07, 6.45) is 78.2. The van der Waals surface area contributed by atoms with Crippen molar-refractivity contribution in [3.63, 3.8) is 0 Å². The number of carbonyl (C=O) groups excluding carboxylic acids is 2. The van der Waals surface area contributed by atoms with Crippen LogP contribution in [0.1, 0.15) is 348 Å². The molecule has 0 saturated carbocycles. The molecule has 0 fully saturated rings. The third-order valence-electron chi connectivity index (χ3n) is 15.0. The second-order valence-corrected chi connectivity index (χ2v) is 24.2. The van der Waals surface area contributed by atoms with Crippen molar-refractivity contribution in [3.8, 4) is 0 Å². The minimum Gasteiger partial charge on any atom is -0.462 e. The molecule has 0 aromatic carbocycles. The molecule has 0 aliphatic heterocycles. The maximum absolute atomic E-state index is 12.7. The van der Waals surface area contributed by atoms with Crippen LogP contribution < -0.4 is 5.73 Å². The van der Waals surface area contributed by atoms with Gasteiger partial charge in [0.15, 0.2) is 6.10 Å². The molecule has 454 valence electrons. The van der Waals surface area contributed by atoms with Gasteiger partial charge < -0.3 is 20.1 Å². The number of ether oxygens (including phenoxy) is 2. The lowest BCUT2D eigenvalue weighted by molar-refractivity contribution is -0.161. The molecule has 9 nitrogen and oxygen atoms in total. The van der Waals surface area contributed by atoms with Crippen LogP contribution in [-0.2, 0) is 32.7 Å². The highest BCUT2D eigenvalue weighted by atomic mass is 31.2. The summed E-state index contributed by atoms with van der Waals surface area (Å²) in [5.41, 5.74) is 5.39. The smallest absolute Gasteiger partial charge is 0.462 e. The predicted molar refractivity (Wildman–Crippen MR) is 330 cm³/mol. The number of phosphoric acid groups is 1. The number of hydrogen-bond donors (Lipinski definition) is 2. The number of hydrogen-bond acceptors (Lipinski definition) is 8. The van der Waals surface area contributed by atoms with Gasteiger partial charge in [-0.2, -0.15) is 0 Å². The van der Waals surface area contributed by atoms with Gasteiger partial charge in [-0.15, -0.1) is 0 Å². The normalized spacial score (nSPS) is 13.1. The summed E-state index contributed by atoms with van der Waals surface area (Å²) in [7, 11) is -4.39. The first kappa shape index (κ1) is 75.2. The zero-order chi connectivity index (χ0) is 55.9. The Balaban J connectivity index is 3.81. The Labute approximate surface area is 477 Å². The first-order chi connectivity index (χ1) is 37.8. The lowest BCUT2D eigenvalue weighted by atomic mass is 10.0. The lowest BCUT2D eigenvalue weighted by Crippen LogP contribution is -2.29. The number of esters is 2. The largest absolute Gasteiger partial charge is 0.472 e. The zero-order valence-electron chi connectivity index (χ0n) is 51.0. The van der Waals surface area contributed by atoms with Gasteiger partial charge in [0.2, 0.25) is 0 Å². The summed E-state index contributed by atoms with van der Waals surface area (Å²) < 4.78 is 33.1. The first-order valence-electron chi connectivity index (χ1n) is 33.5. The van der Waals surface area contributed by atoms with E-state index in [-0.39, 0.29) is 38.6 Å². The van der Waals surface area contributed by atoms with E-state index in [1.807, 2.05) is 0 Å². The van der Waals surface area contributed by atoms with Crippen molar-refractivity contribution in [1.29, 1.82) is 0 Å². The van der Waals surface area contributed by atoms with E-state index in [2.05, 4.69) is 50.3 Å². The minimum atomic E-state index is -4.39. The van der Waals surface area contributed by atoms with Crippen LogP contribution in [0.4, 0.5) is 0 Å². The number of unbranched alkanes of at least 4 members (excludes halogenated alkanes) is 45. The topological polar surface area (TPSA) is 134 Å². The van der Waals surface area contributed by atoms with E-state index >= 15 is 0 Å². The fourth-order valence-corrected chi connectivity index (χ4v) is 10.8. The molecule has 0 rings (SSSR count). The minimum absolute atomic E-state index is 0.0520. The predicted octanol–water partition coefficient (Wildman–Crippen LogP) is 21.5. The number of rotatable bonds is 64. The van der Waals surface area contributed by atoms with Gasteiger partial charge in [0.1, 0.15) is 6.61 Å². The molecule has 0 radical (unpaired) electrons. The van der Waals surface area contributed by atoms with Crippen LogP contribution in [0.25, 0.3) is 0 Å². The van der Waals surface area contributed by atoms with Crippen molar-refractivity contribution in [3.05, 3.63) is 36.5 Å². The van der Waals surface area contributed by atoms with Gasteiger partial charge in [-0.3, -0.25) is 18.6 Å². The van der Waals surface area contributed by atoms with Gasteiger partial charge in [-0.25, -0.2) is 4.57 Å². The Morgan fingerprint density at radius 1 is 0.390 bits per heavy atom. The molecular formula is C67H128NO8P. The summed E-state index contributed by atoms with van der Waals surface area (Å²) in [5.74, 6) is -0.826. The Morgan fingerprint density at radius 2 is 0.675 bits per heavy atom. The molecule has 77 heavy (non-hydrogen) atoms. The molecular weight excluding hydrogens is 978 g/mol. The van der Waals surface area contributed by atoms with Crippen LogP contribution in [-0.4, -0.2) is 49.3 Å². The number of phosphoric ester groups is 1. The fraction of sp³-hybridized carbons (Fsp3) is 0.881. The second kappa shape index (κ2) is 63.4. The van der Waals surface area contributed by atoms with Crippen LogP contribution in [0.5, 0.6) is 0 Å². The maximum Gasteiger partial charge on any atom is 0.472 e. The summed E-state index contributed by atoms with van der Waals surface area (Å²) in [4.78, 5) is 35.3. The van der Waals surface area contributed by atoms with Crippen LogP contribution in [0.15, 0.2) is 36.5 Å². The van der Waals surface area contributed by atoms with Crippen LogP contribution in [0, 0.1) is 0 Å². The lowest BCUT2D eigenvalue weighted by Gasteiger charge is -2.19. The molecule has 0 aromatic rings. The van der Waals surface area contributed by atoms with E-state index in [1.165, 1.54) is 244 Å². The Kier molecular flexibility index (Phi) is 62.0. The third-order valence-corrected chi connectivity index (χ3v) is 16.0. The maximum atomic E-state index is 12.7.